The van der Waals surface area contributed by atoms with E-state index in [1.54, 1.807) is 26.0 Å². The Bertz CT molecular complexity index is 608. The Morgan fingerprint density at radius 1 is 1.30 bits per heavy atom. The third kappa shape index (κ3) is 3.65. The molecule has 0 bridgehead atoms. The fourth-order valence-corrected chi connectivity index (χ4v) is 2.92. The number of amides is 2. The van der Waals surface area contributed by atoms with Crippen LogP contribution in [-0.4, -0.2) is 54.0 Å². The summed E-state index contributed by atoms with van der Waals surface area (Å²) in [5.74, 6) is -0.989. The lowest BCUT2D eigenvalue weighted by Gasteiger charge is -2.25. The highest BCUT2D eigenvalue weighted by molar-refractivity contribution is 6.00. The molecule has 126 valence electrons. The second-order valence-corrected chi connectivity index (χ2v) is 5.86. The minimum Gasteiger partial charge on any atom is -0.332 e. The summed E-state index contributed by atoms with van der Waals surface area (Å²) in [6.45, 7) is 2.32. The third-order valence-corrected chi connectivity index (χ3v) is 4.12. The molecule has 7 heteroatoms. The van der Waals surface area contributed by atoms with Gasteiger partial charge in [0.25, 0.3) is 5.91 Å². The first-order chi connectivity index (χ1) is 10.6. The van der Waals surface area contributed by atoms with E-state index in [1.165, 1.54) is 11.9 Å². The Labute approximate surface area is 132 Å². The van der Waals surface area contributed by atoms with E-state index < -0.39 is 24.7 Å². The van der Waals surface area contributed by atoms with Gasteiger partial charge in [0.15, 0.2) is 0 Å². The Morgan fingerprint density at radius 3 is 2.39 bits per heavy atom. The average molecular weight is 328 g/mol. The minimum absolute atomic E-state index is 0.00733. The van der Waals surface area contributed by atoms with Gasteiger partial charge in [-0.2, -0.15) is 13.2 Å². The molecule has 1 aliphatic rings. The predicted molar refractivity (Wildman–Crippen MR) is 79.0 cm³/mol. The van der Waals surface area contributed by atoms with Crippen LogP contribution >= 0.6 is 0 Å². The van der Waals surface area contributed by atoms with Crippen LogP contribution in [0.2, 0.25) is 0 Å². The van der Waals surface area contributed by atoms with E-state index in [-0.39, 0.29) is 18.9 Å². The Morgan fingerprint density at radius 2 is 1.87 bits per heavy atom. The molecule has 1 aromatic carbocycles. The molecule has 2 amide bonds. The fourth-order valence-electron chi connectivity index (χ4n) is 2.92. The van der Waals surface area contributed by atoms with Gasteiger partial charge in [-0.1, -0.05) is 18.2 Å². The number of hydrogen-bond acceptors (Lipinski definition) is 2. The number of benzene rings is 1. The van der Waals surface area contributed by atoms with E-state index in [2.05, 4.69) is 0 Å². The number of alkyl halides is 3. The van der Waals surface area contributed by atoms with E-state index in [9.17, 15) is 22.8 Å². The van der Waals surface area contributed by atoms with Gasteiger partial charge in [-0.25, -0.2) is 0 Å². The molecule has 1 heterocycles. The molecule has 0 unspecified atom stereocenters. The smallest absolute Gasteiger partial charge is 0.332 e. The van der Waals surface area contributed by atoms with E-state index >= 15 is 0 Å². The van der Waals surface area contributed by atoms with Crippen LogP contribution in [-0.2, 0) is 4.79 Å². The van der Waals surface area contributed by atoms with Crippen molar-refractivity contribution in [2.75, 3.05) is 20.1 Å². The zero-order valence-corrected chi connectivity index (χ0v) is 13.3. The topological polar surface area (TPSA) is 40.6 Å². The molecule has 2 rings (SSSR count). The highest BCUT2D eigenvalue weighted by Gasteiger charge is 2.42. The van der Waals surface area contributed by atoms with Crippen molar-refractivity contribution in [3.63, 3.8) is 0 Å². The van der Waals surface area contributed by atoms with Gasteiger partial charge in [0.1, 0.15) is 12.6 Å². The van der Waals surface area contributed by atoms with Crippen molar-refractivity contribution in [1.82, 2.24) is 9.80 Å². The SMILES string of the molecule is Cc1cccc(C)c1C(=O)N(C)[C@H]1CCN(CC(F)(F)F)C1=O. The number of nitrogens with zero attached hydrogens (tertiary/aromatic N) is 2. The first-order valence-corrected chi connectivity index (χ1v) is 7.30. The molecule has 0 N–H and O–H groups in total. The molecule has 1 aromatic rings. The molecule has 0 aliphatic carbocycles. The lowest BCUT2D eigenvalue weighted by atomic mass is 10.0. The molecule has 0 saturated carbocycles. The van der Waals surface area contributed by atoms with Gasteiger partial charge in [-0.05, 0) is 31.4 Å². The largest absolute Gasteiger partial charge is 0.406 e. The Hall–Kier alpha value is -2.05. The van der Waals surface area contributed by atoms with E-state index in [0.29, 0.717) is 5.56 Å². The van der Waals surface area contributed by atoms with Crippen molar-refractivity contribution < 1.29 is 22.8 Å². The number of likely N-dealkylation sites (tertiary alicyclic amines) is 1. The number of hydrogen-bond donors (Lipinski definition) is 0. The van der Waals surface area contributed by atoms with Crippen molar-refractivity contribution in [1.29, 1.82) is 0 Å². The van der Waals surface area contributed by atoms with E-state index in [1.807, 2.05) is 6.07 Å². The number of carbonyl (C=O) groups is 2. The van der Waals surface area contributed by atoms with Crippen LogP contribution in [0.3, 0.4) is 0 Å². The second kappa shape index (κ2) is 6.22. The number of aryl methyl sites for hydroxylation is 2. The normalized spacial score (nSPS) is 18.4. The summed E-state index contributed by atoms with van der Waals surface area (Å²) in [6.07, 6.45) is -4.22. The quantitative estimate of drug-likeness (QED) is 0.855. The summed E-state index contributed by atoms with van der Waals surface area (Å²) < 4.78 is 37.4. The molecule has 23 heavy (non-hydrogen) atoms. The standard InChI is InChI=1S/C16H19F3N2O2/c1-10-5-4-6-11(2)13(10)15(23)20(3)12-7-8-21(14(12)22)9-16(17,18)19/h4-6,12H,7-9H2,1-3H3/t12-/m0/s1. The zero-order chi connectivity index (χ0) is 17.4. The van der Waals surface area contributed by atoms with Gasteiger partial charge in [0.2, 0.25) is 5.91 Å². The van der Waals surface area contributed by atoms with Crippen LogP contribution in [0.1, 0.15) is 27.9 Å². The van der Waals surface area contributed by atoms with Gasteiger partial charge in [-0.15, -0.1) is 0 Å². The van der Waals surface area contributed by atoms with Gasteiger partial charge in [0, 0.05) is 19.2 Å². The molecule has 1 aliphatic heterocycles. The van der Waals surface area contributed by atoms with E-state index in [4.69, 9.17) is 0 Å². The predicted octanol–water partition coefficient (Wildman–Crippen LogP) is 2.54. The number of rotatable bonds is 3. The molecule has 1 saturated heterocycles. The van der Waals surface area contributed by atoms with Crippen LogP contribution < -0.4 is 0 Å². The summed E-state index contributed by atoms with van der Waals surface area (Å²) >= 11 is 0. The fraction of sp³-hybridized carbons (Fsp3) is 0.500. The molecule has 0 aromatic heterocycles. The molecule has 1 fully saturated rings. The monoisotopic (exact) mass is 328 g/mol. The van der Waals surface area contributed by atoms with E-state index in [0.717, 1.165) is 16.0 Å². The van der Waals surface area contributed by atoms with Gasteiger partial charge < -0.3 is 9.80 Å². The first-order valence-electron chi connectivity index (χ1n) is 7.30. The summed E-state index contributed by atoms with van der Waals surface area (Å²) in [7, 11) is 1.47. The Balaban J connectivity index is 2.17. The number of halogens is 3. The summed E-state index contributed by atoms with van der Waals surface area (Å²) in [5.41, 5.74) is 2.05. The van der Waals surface area contributed by atoms with Crippen molar-refractivity contribution in [2.24, 2.45) is 0 Å². The summed E-state index contributed by atoms with van der Waals surface area (Å²) in [6, 6.07) is 4.57. The first kappa shape index (κ1) is 17.3. The third-order valence-electron chi connectivity index (χ3n) is 4.12. The maximum atomic E-state index is 12.6. The van der Waals surface area contributed by atoms with Crippen LogP contribution in [0.5, 0.6) is 0 Å². The molecule has 1 atom stereocenters. The number of likely N-dealkylation sites (N-methyl/N-ethyl adjacent to an activating group) is 1. The van der Waals surface area contributed by atoms with Crippen LogP contribution in [0.25, 0.3) is 0 Å². The molecule has 0 radical (unpaired) electrons. The maximum Gasteiger partial charge on any atom is 0.406 e. The highest BCUT2D eigenvalue weighted by Crippen LogP contribution is 2.24. The Kier molecular flexibility index (Phi) is 4.68. The van der Waals surface area contributed by atoms with Crippen LogP contribution in [0.15, 0.2) is 18.2 Å². The minimum atomic E-state index is -4.43. The summed E-state index contributed by atoms with van der Waals surface area (Å²) in [5, 5.41) is 0. The summed E-state index contributed by atoms with van der Waals surface area (Å²) in [4.78, 5) is 26.8. The maximum absolute atomic E-state index is 12.6. The molecular weight excluding hydrogens is 309 g/mol. The molecule has 0 spiro atoms. The zero-order valence-electron chi connectivity index (χ0n) is 13.3. The van der Waals surface area contributed by atoms with Crippen LogP contribution in [0.4, 0.5) is 13.2 Å². The van der Waals surface area contributed by atoms with Crippen molar-refractivity contribution in [3.8, 4) is 0 Å². The van der Waals surface area contributed by atoms with Crippen molar-refractivity contribution >= 4 is 11.8 Å². The van der Waals surface area contributed by atoms with Crippen molar-refractivity contribution in [2.45, 2.75) is 32.5 Å². The molecular formula is C16H19F3N2O2. The molecule has 4 nitrogen and oxygen atoms in total. The van der Waals surface area contributed by atoms with Gasteiger partial charge in [-0.3, -0.25) is 9.59 Å². The average Bonchev–Trinajstić information content (AvgIpc) is 2.77. The van der Waals surface area contributed by atoms with Gasteiger partial charge >= 0.3 is 6.18 Å². The lowest BCUT2D eigenvalue weighted by molar-refractivity contribution is -0.158. The van der Waals surface area contributed by atoms with Crippen LogP contribution in [0, 0.1) is 13.8 Å². The van der Waals surface area contributed by atoms with Crippen molar-refractivity contribution in [3.05, 3.63) is 34.9 Å². The van der Waals surface area contributed by atoms with Gasteiger partial charge in [0.05, 0.1) is 0 Å². The lowest BCUT2D eigenvalue weighted by Crippen LogP contribution is -2.45. The highest BCUT2D eigenvalue weighted by atomic mass is 19.4. The number of carbonyl (C=O) groups excluding carboxylic acids is 2. The second-order valence-electron chi connectivity index (χ2n) is 5.86.